The summed E-state index contributed by atoms with van der Waals surface area (Å²) in [5.41, 5.74) is 2.82. The Morgan fingerprint density at radius 2 is 1.79 bits per heavy atom. The fourth-order valence-corrected chi connectivity index (χ4v) is 2.58. The third-order valence-electron chi connectivity index (χ3n) is 4.10. The van der Waals surface area contributed by atoms with Crippen LogP contribution >= 0.6 is 0 Å². The molecule has 10 nitrogen and oxygen atoms in total. The van der Waals surface area contributed by atoms with Gasteiger partial charge in [0.15, 0.2) is 0 Å². The van der Waals surface area contributed by atoms with Crippen LogP contribution in [0.1, 0.15) is 12.5 Å². The molecule has 1 heterocycles. The molecule has 10 heteroatoms. The first-order valence-corrected chi connectivity index (χ1v) is 8.76. The smallest absolute Gasteiger partial charge is 0.409 e. The van der Waals surface area contributed by atoms with Gasteiger partial charge in [0, 0.05) is 37.8 Å². The maximum atomic E-state index is 12.2. The number of hydrogen-bond donors (Lipinski definition) is 1. The van der Waals surface area contributed by atoms with Crippen LogP contribution in [-0.4, -0.2) is 80.9 Å². The van der Waals surface area contributed by atoms with Gasteiger partial charge in [-0.3, -0.25) is 9.59 Å². The van der Waals surface area contributed by atoms with Gasteiger partial charge in [-0.15, -0.1) is 0 Å². The van der Waals surface area contributed by atoms with Crippen molar-refractivity contribution in [1.29, 1.82) is 0 Å². The molecule has 0 bridgehead atoms. The molecule has 0 aromatic heterocycles. The third kappa shape index (κ3) is 5.35. The lowest BCUT2D eigenvalue weighted by Crippen LogP contribution is -2.53. The molecule has 0 atom stereocenters. The molecule has 0 saturated carbocycles. The summed E-state index contributed by atoms with van der Waals surface area (Å²) in [6.45, 7) is 3.14. The molecule has 0 unspecified atom stereocenters. The number of carbonyl (C=O) groups is 3. The monoisotopic (exact) mass is 392 g/mol. The molecule has 0 spiro atoms. The fourth-order valence-electron chi connectivity index (χ4n) is 2.58. The first kappa shape index (κ1) is 21.0. The molecule has 1 aliphatic heterocycles. The Morgan fingerprint density at radius 1 is 1.11 bits per heavy atom. The molecule has 1 saturated heterocycles. The Bertz CT molecular complexity index is 744. The highest BCUT2D eigenvalue weighted by molar-refractivity contribution is 6.35. The summed E-state index contributed by atoms with van der Waals surface area (Å²) >= 11 is 0. The Labute approximate surface area is 163 Å². The van der Waals surface area contributed by atoms with Gasteiger partial charge >= 0.3 is 17.9 Å². The number of ether oxygens (including phenoxy) is 3. The Balaban J connectivity index is 1.87. The zero-order valence-corrected chi connectivity index (χ0v) is 16.1. The van der Waals surface area contributed by atoms with Crippen molar-refractivity contribution in [2.24, 2.45) is 5.10 Å². The van der Waals surface area contributed by atoms with E-state index in [0.29, 0.717) is 30.2 Å². The number of hydrogen-bond acceptors (Lipinski definition) is 7. The molecule has 1 N–H and O–H groups in total. The van der Waals surface area contributed by atoms with E-state index in [2.05, 4.69) is 10.5 Å². The highest BCUT2D eigenvalue weighted by atomic mass is 16.6. The van der Waals surface area contributed by atoms with Crippen molar-refractivity contribution >= 4 is 24.1 Å². The molecule has 28 heavy (non-hydrogen) atoms. The van der Waals surface area contributed by atoms with E-state index < -0.39 is 17.9 Å². The minimum atomic E-state index is -0.853. The standard InChI is InChI=1S/C18H24N4O6/c1-4-28-18(25)22-9-7-21(8-10-22)17(24)16(23)20-19-12-13-5-6-14(26-2)11-15(13)27-3/h5-6,11-12H,4,7-10H2,1-3H3,(H,20,23). The van der Waals surface area contributed by atoms with Crippen LogP contribution < -0.4 is 14.9 Å². The molecule has 1 aromatic rings. The normalized spacial score (nSPS) is 14.0. The van der Waals surface area contributed by atoms with Gasteiger partial charge in [-0.05, 0) is 19.1 Å². The van der Waals surface area contributed by atoms with E-state index >= 15 is 0 Å². The number of benzene rings is 1. The number of rotatable bonds is 5. The van der Waals surface area contributed by atoms with Crippen LogP contribution in [0.3, 0.4) is 0 Å². The average molecular weight is 392 g/mol. The maximum absolute atomic E-state index is 12.2. The highest BCUT2D eigenvalue weighted by Gasteiger charge is 2.28. The van der Waals surface area contributed by atoms with E-state index in [-0.39, 0.29) is 19.7 Å². The van der Waals surface area contributed by atoms with E-state index in [1.165, 1.54) is 23.1 Å². The van der Waals surface area contributed by atoms with Gasteiger partial charge in [0.05, 0.1) is 27.0 Å². The van der Waals surface area contributed by atoms with Crippen LogP contribution in [-0.2, 0) is 14.3 Å². The van der Waals surface area contributed by atoms with Crippen LogP contribution in [0.5, 0.6) is 11.5 Å². The average Bonchev–Trinajstić information content (AvgIpc) is 2.73. The van der Waals surface area contributed by atoms with Crippen LogP contribution in [0.15, 0.2) is 23.3 Å². The van der Waals surface area contributed by atoms with Gasteiger partial charge in [0.1, 0.15) is 11.5 Å². The summed E-state index contributed by atoms with van der Waals surface area (Å²) in [6.07, 6.45) is 0.958. The van der Waals surface area contributed by atoms with Crippen molar-refractivity contribution in [3.8, 4) is 11.5 Å². The van der Waals surface area contributed by atoms with E-state index in [0.717, 1.165) is 0 Å². The van der Waals surface area contributed by atoms with Crippen LogP contribution in [0.4, 0.5) is 4.79 Å². The second-order valence-corrected chi connectivity index (χ2v) is 5.79. The molecule has 3 amide bonds. The maximum Gasteiger partial charge on any atom is 0.409 e. The lowest BCUT2D eigenvalue weighted by molar-refractivity contribution is -0.146. The summed E-state index contributed by atoms with van der Waals surface area (Å²) in [4.78, 5) is 38.8. The lowest BCUT2D eigenvalue weighted by Gasteiger charge is -2.33. The first-order chi connectivity index (χ1) is 13.5. The Morgan fingerprint density at radius 3 is 2.39 bits per heavy atom. The molecule has 1 aromatic carbocycles. The minimum Gasteiger partial charge on any atom is -0.497 e. The van der Waals surface area contributed by atoms with Crippen molar-refractivity contribution in [2.75, 3.05) is 47.0 Å². The van der Waals surface area contributed by atoms with Crippen molar-refractivity contribution in [2.45, 2.75) is 6.92 Å². The number of methoxy groups -OCH3 is 2. The molecule has 1 fully saturated rings. The van der Waals surface area contributed by atoms with E-state index in [1.807, 2.05) is 0 Å². The zero-order chi connectivity index (χ0) is 20.5. The molecular weight excluding hydrogens is 368 g/mol. The van der Waals surface area contributed by atoms with Crippen molar-refractivity contribution in [1.82, 2.24) is 15.2 Å². The summed E-state index contributed by atoms with van der Waals surface area (Å²) in [6, 6.07) is 5.11. The molecule has 152 valence electrons. The number of amides is 3. The topological polar surface area (TPSA) is 110 Å². The van der Waals surface area contributed by atoms with Gasteiger partial charge in [-0.25, -0.2) is 10.2 Å². The van der Waals surface area contributed by atoms with Gasteiger partial charge in [0.25, 0.3) is 0 Å². The van der Waals surface area contributed by atoms with E-state index in [4.69, 9.17) is 14.2 Å². The molecular formula is C18H24N4O6. The van der Waals surface area contributed by atoms with Crippen LogP contribution in [0.2, 0.25) is 0 Å². The fraction of sp³-hybridized carbons (Fsp3) is 0.444. The summed E-state index contributed by atoms with van der Waals surface area (Å²) in [5.74, 6) is -0.426. The molecule has 0 radical (unpaired) electrons. The van der Waals surface area contributed by atoms with Gasteiger partial charge in [-0.1, -0.05) is 0 Å². The lowest BCUT2D eigenvalue weighted by atomic mass is 10.2. The second kappa shape index (κ2) is 10.1. The van der Waals surface area contributed by atoms with E-state index in [9.17, 15) is 14.4 Å². The highest BCUT2D eigenvalue weighted by Crippen LogP contribution is 2.22. The number of piperazine rings is 1. The van der Waals surface area contributed by atoms with Crippen molar-refractivity contribution in [3.05, 3.63) is 23.8 Å². The predicted octanol–water partition coefficient (Wildman–Crippen LogP) is 0.455. The number of nitrogens with one attached hydrogen (secondary N) is 1. The van der Waals surface area contributed by atoms with Gasteiger partial charge < -0.3 is 24.0 Å². The quantitative estimate of drug-likeness (QED) is 0.443. The SMILES string of the molecule is CCOC(=O)N1CCN(C(=O)C(=O)NN=Cc2ccc(OC)cc2OC)CC1. The zero-order valence-electron chi connectivity index (χ0n) is 16.1. The van der Waals surface area contributed by atoms with E-state index in [1.54, 1.807) is 32.2 Å². The Hall–Kier alpha value is -3.30. The predicted molar refractivity (Wildman–Crippen MR) is 100 cm³/mol. The molecule has 0 aliphatic carbocycles. The van der Waals surface area contributed by atoms with Crippen LogP contribution in [0, 0.1) is 0 Å². The number of carbonyl (C=O) groups excluding carboxylic acids is 3. The van der Waals surface area contributed by atoms with Gasteiger partial charge in [-0.2, -0.15) is 5.10 Å². The first-order valence-electron chi connectivity index (χ1n) is 8.76. The summed E-state index contributed by atoms with van der Waals surface area (Å²) < 4.78 is 15.3. The minimum absolute atomic E-state index is 0.251. The van der Waals surface area contributed by atoms with Gasteiger partial charge in [0.2, 0.25) is 0 Å². The molecule has 2 rings (SSSR count). The van der Waals surface area contributed by atoms with Crippen molar-refractivity contribution < 1.29 is 28.6 Å². The summed E-state index contributed by atoms with van der Waals surface area (Å²) in [5, 5.41) is 3.81. The molecule has 1 aliphatic rings. The largest absolute Gasteiger partial charge is 0.497 e. The Kier molecular flexibility index (Phi) is 7.61. The summed E-state index contributed by atoms with van der Waals surface area (Å²) in [7, 11) is 3.05. The number of nitrogens with zero attached hydrogens (tertiary/aromatic N) is 3. The second-order valence-electron chi connectivity index (χ2n) is 5.79. The third-order valence-corrected chi connectivity index (χ3v) is 4.10. The van der Waals surface area contributed by atoms with Crippen LogP contribution in [0.25, 0.3) is 0 Å². The van der Waals surface area contributed by atoms with Crippen molar-refractivity contribution in [3.63, 3.8) is 0 Å². The number of hydrazone groups is 1.